The molecule has 7 nitrogen and oxygen atoms in total. The van der Waals surface area contributed by atoms with Crippen LogP contribution in [0.2, 0.25) is 0 Å². The number of morpholine rings is 1. The van der Waals surface area contributed by atoms with Gasteiger partial charge in [-0.1, -0.05) is 0 Å². The number of rotatable bonds is 6. The van der Waals surface area contributed by atoms with Gasteiger partial charge in [-0.15, -0.1) is 0 Å². The number of nitro groups is 1. The molecule has 0 atom stereocenters. The third-order valence-electron chi connectivity index (χ3n) is 4.50. The number of hydrogen-bond acceptors (Lipinski definition) is 6. The molecule has 1 aromatic carbocycles. The number of ether oxygens (including phenoxy) is 1. The number of anilines is 2. The standard InChI is InChI=1S/C16H24N4O3/c21-20(22)16-4-3-14(19-6-1-2-7-19)13-15(16)17-5-8-18-9-11-23-12-10-18/h3-4,13,17H,1-2,5-12H2. The average Bonchev–Trinajstić information content (AvgIpc) is 3.10. The molecule has 0 unspecified atom stereocenters. The van der Waals surface area contributed by atoms with Crippen LogP contribution in [0.25, 0.3) is 0 Å². The second kappa shape index (κ2) is 7.61. The molecule has 1 aromatic rings. The molecule has 0 aliphatic carbocycles. The van der Waals surface area contributed by atoms with Gasteiger partial charge in [0.2, 0.25) is 0 Å². The third kappa shape index (κ3) is 4.11. The molecule has 0 spiro atoms. The first-order valence-corrected chi connectivity index (χ1v) is 8.31. The summed E-state index contributed by atoms with van der Waals surface area (Å²) in [6.07, 6.45) is 2.38. The Hall–Kier alpha value is -1.86. The van der Waals surface area contributed by atoms with Crippen molar-refractivity contribution in [3.05, 3.63) is 28.3 Å². The molecular formula is C16H24N4O3. The van der Waals surface area contributed by atoms with Gasteiger partial charge < -0.3 is 15.0 Å². The van der Waals surface area contributed by atoms with Crippen LogP contribution in [0.3, 0.4) is 0 Å². The van der Waals surface area contributed by atoms with Crippen molar-refractivity contribution in [1.29, 1.82) is 0 Å². The van der Waals surface area contributed by atoms with Crippen LogP contribution in [-0.2, 0) is 4.74 Å². The van der Waals surface area contributed by atoms with E-state index in [9.17, 15) is 10.1 Å². The fraction of sp³-hybridized carbons (Fsp3) is 0.625. The van der Waals surface area contributed by atoms with Crippen LogP contribution in [0.15, 0.2) is 18.2 Å². The minimum Gasteiger partial charge on any atom is -0.379 e. The molecule has 2 fully saturated rings. The van der Waals surface area contributed by atoms with E-state index in [1.165, 1.54) is 12.8 Å². The van der Waals surface area contributed by atoms with E-state index in [0.717, 1.165) is 51.6 Å². The molecule has 2 aliphatic heterocycles. The lowest BCUT2D eigenvalue weighted by Crippen LogP contribution is -2.39. The van der Waals surface area contributed by atoms with E-state index in [1.54, 1.807) is 6.07 Å². The van der Waals surface area contributed by atoms with Crippen molar-refractivity contribution in [2.75, 3.05) is 62.7 Å². The minimum absolute atomic E-state index is 0.148. The molecule has 1 N–H and O–H groups in total. The third-order valence-corrected chi connectivity index (χ3v) is 4.50. The minimum atomic E-state index is -0.315. The van der Waals surface area contributed by atoms with Crippen molar-refractivity contribution >= 4 is 17.1 Å². The zero-order valence-electron chi connectivity index (χ0n) is 13.4. The maximum Gasteiger partial charge on any atom is 0.292 e. The summed E-state index contributed by atoms with van der Waals surface area (Å²) in [5.74, 6) is 0. The lowest BCUT2D eigenvalue weighted by molar-refractivity contribution is -0.383. The Labute approximate surface area is 136 Å². The Morgan fingerprint density at radius 1 is 1.17 bits per heavy atom. The van der Waals surface area contributed by atoms with E-state index < -0.39 is 0 Å². The molecule has 0 saturated carbocycles. The van der Waals surface area contributed by atoms with Gasteiger partial charge in [0, 0.05) is 51.0 Å². The Morgan fingerprint density at radius 2 is 1.91 bits per heavy atom. The van der Waals surface area contributed by atoms with Crippen LogP contribution in [0.5, 0.6) is 0 Å². The van der Waals surface area contributed by atoms with Gasteiger partial charge in [0.05, 0.1) is 18.1 Å². The normalized spacial score (nSPS) is 19.0. The zero-order valence-corrected chi connectivity index (χ0v) is 13.4. The molecular weight excluding hydrogens is 296 g/mol. The smallest absolute Gasteiger partial charge is 0.292 e. The van der Waals surface area contributed by atoms with Gasteiger partial charge >= 0.3 is 0 Å². The van der Waals surface area contributed by atoms with Crippen LogP contribution in [0, 0.1) is 10.1 Å². The number of nitrogens with zero attached hydrogens (tertiary/aromatic N) is 3. The van der Waals surface area contributed by atoms with Crippen LogP contribution >= 0.6 is 0 Å². The highest BCUT2D eigenvalue weighted by molar-refractivity contribution is 5.69. The predicted octanol–water partition coefficient (Wildman–Crippen LogP) is 1.94. The van der Waals surface area contributed by atoms with Crippen molar-refractivity contribution in [3.8, 4) is 0 Å². The van der Waals surface area contributed by atoms with E-state index in [4.69, 9.17) is 4.74 Å². The van der Waals surface area contributed by atoms with Crippen LogP contribution in [0.4, 0.5) is 17.1 Å². The highest BCUT2D eigenvalue weighted by atomic mass is 16.6. The number of nitro benzene ring substituents is 1. The Kier molecular flexibility index (Phi) is 5.30. The highest BCUT2D eigenvalue weighted by Gasteiger charge is 2.19. The molecule has 0 aromatic heterocycles. The fourth-order valence-corrected chi connectivity index (χ4v) is 3.17. The van der Waals surface area contributed by atoms with E-state index >= 15 is 0 Å². The van der Waals surface area contributed by atoms with Gasteiger partial charge in [-0.2, -0.15) is 0 Å². The summed E-state index contributed by atoms with van der Waals surface area (Å²) in [4.78, 5) is 15.5. The molecule has 0 bridgehead atoms. The Morgan fingerprint density at radius 3 is 2.61 bits per heavy atom. The SMILES string of the molecule is O=[N+]([O-])c1ccc(N2CCCC2)cc1NCCN1CCOCC1. The molecule has 2 aliphatic rings. The molecule has 2 heterocycles. The van der Waals surface area contributed by atoms with E-state index in [2.05, 4.69) is 15.1 Å². The second-order valence-corrected chi connectivity index (χ2v) is 6.03. The first-order chi connectivity index (χ1) is 11.2. The quantitative estimate of drug-likeness (QED) is 0.638. The van der Waals surface area contributed by atoms with Crippen molar-refractivity contribution in [2.45, 2.75) is 12.8 Å². The van der Waals surface area contributed by atoms with E-state index in [0.29, 0.717) is 12.2 Å². The second-order valence-electron chi connectivity index (χ2n) is 6.03. The topological polar surface area (TPSA) is 70.9 Å². The van der Waals surface area contributed by atoms with Gasteiger partial charge in [0.25, 0.3) is 5.69 Å². The maximum absolute atomic E-state index is 11.2. The molecule has 0 radical (unpaired) electrons. The van der Waals surface area contributed by atoms with Crippen molar-refractivity contribution in [3.63, 3.8) is 0 Å². The van der Waals surface area contributed by atoms with Gasteiger partial charge in [0.1, 0.15) is 5.69 Å². The first-order valence-electron chi connectivity index (χ1n) is 8.31. The van der Waals surface area contributed by atoms with Gasteiger partial charge in [-0.25, -0.2) is 0 Å². The molecule has 2 saturated heterocycles. The Balaban J connectivity index is 1.64. The number of hydrogen-bond donors (Lipinski definition) is 1. The summed E-state index contributed by atoms with van der Waals surface area (Å²) in [6.45, 7) is 7.03. The van der Waals surface area contributed by atoms with Gasteiger partial charge in [-0.05, 0) is 25.0 Å². The molecule has 7 heteroatoms. The van der Waals surface area contributed by atoms with Crippen molar-refractivity contribution < 1.29 is 9.66 Å². The summed E-state index contributed by atoms with van der Waals surface area (Å²) >= 11 is 0. The summed E-state index contributed by atoms with van der Waals surface area (Å²) in [7, 11) is 0. The lowest BCUT2D eigenvalue weighted by Gasteiger charge is -2.26. The van der Waals surface area contributed by atoms with E-state index in [-0.39, 0.29) is 10.6 Å². The first kappa shape index (κ1) is 16.0. The monoisotopic (exact) mass is 320 g/mol. The number of benzene rings is 1. The summed E-state index contributed by atoms with van der Waals surface area (Å²) in [5.41, 5.74) is 1.84. The molecule has 0 amide bonds. The Bertz CT molecular complexity index is 540. The molecule has 23 heavy (non-hydrogen) atoms. The van der Waals surface area contributed by atoms with Crippen molar-refractivity contribution in [2.24, 2.45) is 0 Å². The van der Waals surface area contributed by atoms with Gasteiger partial charge in [0.15, 0.2) is 0 Å². The van der Waals surface area contributed by atoms with Crippen LogP contribution in [0.1, 0.15) is 12.8 Å². The predicted molar refractivity (Wildman–Crippen MR) is 90.3 cm³/mol. The van der Waals surface area contributed by atoms with Crippen molar-refractivity contribution in [1.82, 2.24) is 4.90 Å². The van der Waals surface area contributed by atoms with E-state index in [1.807, 2.05) is 12.1 Å². The summed E-state index contributed by atoms with van der Waals surface area (Å²) in [6, 6.07) is 5.39. The average molecular weight is 320 g/mol. The fourth-order valence-electron chi connectivity index (χ4n) is 3.17. The summed E-state index contributed by atoms with van der Waals surface area (Å²) < 4.78 is 5.33. The highest BCUT2D eigenvalue weighted by Crippen LogP contribution is 2.31. The zero-order chi connectivity index (χ0) is 16.1. The van der Waals surface area contributed by atoms with Crippen LogP contribution < -0.4 is 10.2 Å². The maximum atomic E-state index is 11.2. The van der Waals surface area contributed by atoms with Crippen LogP contribution in [-0.4, -0.2) is 62.3 Å². The largest absolute Gasteiger partial charge is 0.379 e. The summed E-state index contributed by atoms with van der Waals surface area (Å²) in [5, 5.41) is 14.5. The molecule has 126 valence electrons. The lowest BCUT2D eigenvalue weighted by atomic mass is 10.2. The molecule has 3 rings (SSSR count). The van der Waals surface area contributed by atoms with Gasteiger partial charge in [-0.3, -0.25) is 15.0 Å². The number of nitrogens with one attached hydrogen (secondary N) is 1.